The fourth-order valence-corrected chi connectivity index (χ4v) is 6.15. The predicted octanol–water partition coefficient (Wildman–Crippen LogP) is 6.95. The highest BCUT2D eigenvalue weighted by Gasteiger charge is 2.36. The number of phenolic OH excluding ortho intramolecular Hbond substituents is 4. The summed E-state index contributed by atoms with van der Waals surface area (Å²) in [4.78, 5) is 13.9. The summed E-state index contributed by atoms with van der Waals surface area (Å²) in [5.41, 5.74) is -0.924. The molecule has 0 amide bonds. The second-order valence-corrected chi connectivity index (χ2v) is 12.1. The molecule has 0 bridgehead atoms. The van der Waals surface area contributed by atoms with E-state index in [1.807, 2.05) is 0 Å². The van der Waals surface area contributed by atoms with Crippen LogP contribution in [0.2, 0.25) is 0 Å². The maximum absolute atomic E-state index is 13.9. The Hall–Kier alpha value is -3.95. The summed E-state index contributed by atoms with van der Waals surface area (Å²) in [5.74, 6) is -0.982. The van der Waals surface area contributed by atoms with Crippen LogP contribution in [0.3, 0.4) is 0 Å². The highest BCUT2D eigenvalue weighted by Crippen LogP contribution is 2.53. The molecule has 1 aromatic heterocycles. The summed E-state index contributed by atoms with van der Waals surface area (Å²) >= 11 is 0. The minimum Gasteiger partial charge on any atom is -0.504 e. The van der Waals surface area contributed by atoms with Gasteiger partial charge >= 0.3 is 0 Å². The molecule has 43 heavy (non-hydrogen) atoms. The Kier molecular flexibility index (Phi) is 9.77. The first-order valence-corrected chi connectivity index (χ1v) is 14.9. The van der Waals surface area contributed by atoms with E-state index < -0.39 is 28.4 Å². The maximum Gasteiger partial charge on any atom is 0.239 e. The molecular formula is C33H44O10. The summed E-state index contributed by atoms with van der Waals surface area (Å²) < 4.78 is 29.3. The molecule has 1 fully saturated rings. The average Bonchev–Trinajstić information content (AvgIpc) is 2.97. The van der Waals surface area contributed by atoms with Gasteiger partial charge in [0, 0.05) is 5.56 Å². The largest absolute Gasteiger partial charge is 0.504 e. The molecule has 1 heterocycles. The van der Waals surface area contributed by atoms with E-state index in [0.717, 1.165) is 37.8 Å². The van der Waals surface area contributed by atoms with Gasteiger partial charge in [0.05, 0.1) is 21.3 Å². The summed E-state index contributed by atoms with van der Waals surface area (Å²) in [7, 11) is 4.02. The van der Waals surface area contributed by atoms with Crippen molar-refractivity contribution in [2.45, 2.75) is 72.3 Å². The average molecular weight is 601 g/mol. The van der Waals surface area contributed by atoms with Crippen molar-refractivity contribution in [2.75, 3.05) is 21.3 Å². The molecular weight excluding hydrogens is 556 g/mol. The quantitative estimate of drug-likeness (QED) is 0.170. The molecule has 4 N–H and O–H groups in total. The molecule has 10 nitrogen and oxygen atoms in total. The van der Waals surface area contributed by atoms with Gasteiger partial charge in [-0.3, -0.25) is 4.79 Å². The van der Waals surface area contributed by atoms with Crippen LogP contribution < -0.4 is 24.4 Å². The van der Waals surface area contributed by atoms with Gasteiger partial charge in [-0.2, -0.15) is 0 Å². The lowest BCUT2D eigenvalue weighted by Gasteiger charge is -2.37. The third-order valence-electron chi connectivity index (χ3n) is 8.76. The molecule has 1 aliphatic rings. The lowest BCUT2D eigenvalue weighted by atomic mass is 9.74. The topological polar surface area (TPSA) is 148 Å². The molecule has 0 spiro atoms. The molecule has 236 valence electrons. The van der Waals surface area contributed by atoms with E-state index in [2.05, 4.69) is 27.7 Å². The van der Waals surface area contributed by atoms with Crippen LogP contribution in [-0.2, 0) is 0 Å². The zero-order valence-corrected chi connectivity index (χ0v) is 26.0. The van der Waals surface area contributed by atoms with E-state index in [0.29, 0.717) is 17.8 Å². The lowest BCUT2D eigenvalue weighted by Crippen LogP contribution is -2.35. The van der Waals surface area contributed by atoms with Gasteiger partial charge in [-0.1, -0.05) is 47.0 Å². The normalized spacial score (nSPS) is 19.4. The Morgan fingerprint density at radius 2 is 1.49 bits per heavy atom. The first-order chi connectivity index (χ1) is 20.4. The number of benzene rings is 2. The molecule has 10 heteroatoms. The van der Waals surface area contributed by atoms with Gasteiger partial charge < -0.3 is 43.8 Å². The third-order valence-corrected chi connectivity index (χ3v) is 8.76. The van der Waals surface area contributed by atoms with Crippen molar-refractivity contribution in [3.8, 4) is 57.3 Å². The molecule has 3 aromatic rings. The Bertz CT molecular complexity index is 1490. The first kappa shape index (κ1) is 32.0. The fraction of sp³-hybridized carbons (Fsp3) is 0.545. The number of methoxy groups -OCH3 is 3. The Balaban J connectivity index is 1.81. The van der Waals surface area contributed by atoms with Crippen molar-refractivity contribution in [1.29, 1.82) is 0 Å². The number of hydrogen-bond donors (Lipinski definition) is 4. The van der Waals surface area contributed by atoms with Crippen LogP contribution in [0.5, 0.6) is 46.0 Å². The highest BCUT2D eigenvalue weighted by atomic mass is 16.5. The minimum absolute atomic E-state index is 0.0193. The third kappa shape index (κ3) is 6.24. The van der Waals surface area contributed by atoms with Crippen molar-refractivity contribution in [3.63, 3.8) is 0 Å². The zero-order chi connectivity index (χ0) is 31.6. The van der Waals surface area contributed by atoms with Crippen molar-refractivity contribution in [3.05, 3.63) is 22.4 Å². The number of ether oxygens (including phenoxy) is 4. The number of fused-ring (bicyclic) bond motifs is 1. The van der Waals surface area contributed by atoms with Crippen LogP contribution in [0.1, 0.15) is 66.2 Å². The molecule has 0 saturated heterocycles. The summed E-state index contributed by atoms with van der Waals surface area (Å²) in [6.07, 6.45) is 6.28. The second-order valence-electron chi connectivity index (χ2n) is 12.1. The molecule has 4 rings (SSSR count). The van der Waals surface area contributed by atoms with E-state index in [1.165, 1.54) is 34.2 Å². The van der Waals surface area contributed by atoms with Gasteiger partial charge in [-0.25, -0.2) is 0 Å². The summed E-state index contributed by atoms with van der Waals surface area (Å²) in [6, 6.07) is 2.19. The highest BCUT2D eigenvalue weighted by molar-refractivity contribution is 5.96. The van der Waals surface area contributed by atoms with Crippen LogP contribution in [0.25, 0.3) is 22.3 Å². The van der Waals surface area contributed by atoms with Gasteiger partial charge in [-0.15, -0.1) is 0 Å². The van der Waals surface area contributed by atoms with Crippen LogP contribution in [0, 0.1) is 23.7 Å². The molecule has 0 radical (unpaired) electrons. The van der Waals surface area contributed by atoms with E-state index in [-0.39, 0.29) is 57.3 Å². The van der Waals surface area contributed by atoms with E-state index >= 15 is 0 Å². The van der Waals surface area contributed by atoms with Crippen molar-refractivity contribution >= 4 is 11.0 Å². The Morgan fingerprint density at radius 3 is 2.07 bits per heavy atom. The van der Waals surface area contributed by atoms with Crippen LogP contribution in [0.15, 0.2) is 21.3 Å². The van der Waals surface area contributed by atoms with Gasteiger partial charge in [0.15, 0.2) is 34.3 Å². The van der Waals surface area contributed by atoms with Crippen molar-refractivity contribution < 1.29 is 43.8 Å². The number of aromatic hydroxyl groups is 4. The predicted molar refractivity (Wildman–Crippen MR) is 163 cm³/mol. The van der Waals surface area contributed by atoms with Crippen LogP contribution >= 0.6 is 0 Å². The van der Waals surface area contributed by atoms with Gasteiger partial charge in [0.1, 0.15) is 11.5 Å². The van der Waals surface area contributed by atoms with E-state index in [1.54, 1.807) is 0 Å². The van der Waals surface area contributed by atoms with E-state index in [9.17, 15) is 25.2 Å². The van der Waals surface area contributed by atoms with Crippen molar-refractivity contribution in [1.82, 2.24) is 0 Å². The summed E-state index contributed by atoms with van der Waals surface area (Å²) in [6.45, 7) is 8.94. The number of rotatable bonds is 11. The fourth-order valence-electron chi connectivity index (χ4n) is 6.15. The first-order valence-electron chi connectivity index (χ1n) is 14.9. The Labute approximate surface area is 251 Å². The number of phenols is 4. The molecule has 1 aliphatic carbocycles. The second kappa shape index (κ2) is 13.1. The smallest absolute Gasteiger partial charge is 0.239 e. The van der Waals surface area contributed by atoms with Gasteiger partial charge in [0.25, 0.3) is 0 Å². The molecule has 4 atom stereocenters. The standard InChI is InChI=1S/C33H44O10/c1-16(2)9-8-10-17(3)19-12-11-18(4)23(15-19)42-33-30(39-5)24-26(37)31(40-6)28(43-29(24)27(38)32(33)41-7)20-13-21(34)25(36)22(35)14-20/h13-14,16-19,23,34-36,38H,8-12,15H2,1-7H3. The maximum atomic E-state index is 13.9. The van der Waals surface area contributed by atoms with Crippen molar-refractivity contribution in [2.24, 2.45) is 23.7 Å². The molecule has 1 saturated carbocycles. The van der Waals surface area contributed by atoms with Crippen LogP contribution in [-0.4, -0.2) is 47.9 Å². The monoisotopic (exact) mass is 600 g/mol. The van der Waals surface area contributed by atoms with E-state index in [4.69, 9.17) is 23.4 Å². The van der Waals surface area contributed by atoms with Gasteiger partial charge in [0.2, 0.25) is 28.4 Å². The Morgan fingerprint density at radius 1 is 0.860 bits per heavy atom. The lowest BCUT2D eigenvalue weighted by molar-refractivity contribution is 0.0515. The van der Waals surface area contributed by atoms with Crippen LogP contribution in [0.4, 0.5) is 0 Å². The SMILES string of the molecule is COc1c(OC2CC(C(C)CCCC(C)C)CCC2C)c(OC)c2c(=O)c(OC)c(-c3cc(O)c(O)c(O)c3)oc2c1O. The number of hydrogen-bond acceptors (Lipinski definition) is 10. The summed E-state index contributed by atoms with van der Waals surface area (Å²) in [5, 5.41) is 41.2. The van der Waals surface area contributed by atoms with Gasteiger partial charge in [-0.05, 0) is 55.1 Å². The molecule has 4 unspecified atom stereocenters. The molecule has 0 aliphatic heterocycles. The molecule has 2 aromatic carbocycles. The zero-order valence-electron chi connectivity index (χ0n) is 26.0. The minimum atomic E-state index is -0.733.